The molecular weight excluding hydrogens is 428 g/mol. The largest absolute Gasteiger partial charge is 0.376 e. The molecule has 2 atom stereocenters. The van der Waals surface area contributed by atoms with Crippen molar-refractivity contribution in [1.29, 1.82) is 0 Å². The topological polar surface area (TPSA) is 106 Å². The highest BCUT2D eigenvalue weighted by atomic mass is 16.5. The molecule has 0 aliphatic carbocycles. The molecule has 3 aromatic heterocycles. The second-order valence-corrected chi connectivity index (χ2v) is 8.40. The summed E-state index contributed by atoms with van der Waals surface area (Å²) in [6.45, 7) is 1.42. The Bertz CT molecular complexity index is 1370. The van der Waals surface area contributed by atoms with Crippen LogP contribution in [0.5, 0.6) is 0 Å². The van der Waals surface area contributed by atoms with Gasteiger partial charge in [-0.05, 0) is 59.2 Å². The number of tetrazole rings is 1. The van der Waals surface area contributed by atoms with Crippen molar-refractivity contribution in [1.82, 2.24) is 35.2 Å². The van der Waals surface area contributed by atoms with E-state index >= 15 is 0 Å². The lowest BCUT2D eigenvalue weighted by Gasteiger charge is -2.21. The minimum Gasteiger partial charge on any atom is -0.376 e. The molecule has 1 aliphatic heterocycles. The summed E-state index contributed by atoms with van der Waals surface area (Å²) in [5, 5.41) is 16.3. The van der Waals surface area contributed by atoms with Crippen molar-refractivity contribution in [2.75, 3.05) is 11.9 Å². The maximum atomic E-state index is 5.83. The third-order valence-corrected chi connectivity index (χ3v) is 6.16. The molecule has 0 bridgehead atoms. The van der Waals surface area contributed by atoms with E-state index in [-0.39, 0.29) is 12.1 Å². The van der Waals surface area contributed by atoms with Crippen molar-refractivity contribution in [2.24, 2.45) is 0 Å². The summed E-state index contributed by atoms with van der Waals surface area (Å²) < 4.78 is 7.69. The predicted octanol–water partition coefficient (Wildman–Crippen LogP) is 3.99. The molecule has 1 fully saturated rings. The number of nitrogens with one attached hydrogen (secondary N) is 2. The molecule has 5 aromatic rings. The summed E-state index contributed by atoms with van der Waals surface area (Å²) in [5.41, 5.74) is 5.86. The minimum atomic E-state index is -0.259. The Hall–Kier alpha value is -4.11. The lowest BCUT2D eigenvalue weighted by Crippen LogP contribution is -2.23. The number of anilines is 1. The molecule has 2 N–H and O–H groups in total. The van der Waals surface area contributed by atoms with Crippen LogP contribution in [0.2, 0.25) is 0 Å². The van der Waals surface area contributed by atoms with Crippen molar-refractivity contribution in [3.8, 4) is 11.3 Å². The number of H-pyrrole nitrogens is 1. The molecule has 1 saturated heterocycles. The van der Waals surface area contributed by atoms with Gasteiger partial charge >= 0.3 is 0 Å². The molecule has 0 radical (unpaired) electrons. The van der Waals surface area contributed by atoms with Crippen LogP contribution in [0.4, 0.5) is 5.69 Å². The minimum absolute atomic E-state index is 0.134. The van der Waals surface area contributed by atoms with Gasteiger partial charge in [-0.1, -0.05) is 30.3 Å². The van der Waals surface area contributed by atoms with Crippen LogP contribution in [-0.4, -0.2) is 47.9 Å². The number of hydrogen-bond donors (Lipinski definition) is 2. The van der Waals surface area contributed by atoms with E-state index in [4.69, 9.17) is 4.74 Å². The van der Waals surface area contributed by atoms with Crippen molar-refractivity contribution >= 4 is 16.7 Å². The van der Waals surface area contributed by atoms with Gasteiger partial charge in [0, 0.05) is 24.1 Å². The number of benzene rings is 2. The molecule has 2 unspecified atom stereocenters. The van der Waals surface area contributed by atoms with Gasteiger partial charge in [-0.25, -0.2) is 9.67 Å². The zero-order valence-electron chi connectivity index (χ0n) is 18.5. The standard InChI is InChI=1S/C25H24N8O/c1-2-12-26-21(5-1)17-6-8-18(9-7-17)24(29-19-10-11-22-23(14-19)28-16-27-22)25-30-31-32-33(25)15-20-4-3-13-34-20/h1-2,5-12,14,16,20,24,29H,3-4,13,15H2,(H,27,28). The number of imidazole rings is 1. The number of nitrogens with zero attached hydrogens (tertiary/aromatic N) is 6. The number of aromatic nitrogens is 7. The molecule has 170 valence electrons. The van der Waals surface area contributed by atoms with Gasteiger partial charge in [-0.3, -0.25) is 4.98 Å². The molecule has 0 spiro atoms. The average molecular weight is 453 g/mol. The first-order chi connectivity index (χ1) is 16.8. The normalized spacial score (nSPS) is 16.6. The molecule has 34 heavy (non-hydrogen) atoms. The number of hydrogen-bond acceptors (Lipinski definition) is 7. The summed E-state index contributed by atoms with van der Waals surface area (Å²) in [6.07, 6.45) is 5.73. The van der Waals surface area contributed by atoms with Gasteiger partial charge < -0.3 is 15.0 Å². The second kappa shape index (κ2) is 9.03. The Morgan fingerprint density at radius 3 is 2.85 bits per heavy atom. The molecule has 0 amide bonds. The van der Waals surface area contributed by atoms with Crippen LogP contribution < -0.4 is 5.32 Å². The highest BCUT2D eigenvalue weighted by Crippen LogP contribution is 2.29. The molecule has 4 heterocycles. The van der Waals surface area contributed by atoms with E-state index < -0.39 is 0 Å². The monoisotopic (exact) mass is 452 g/mol. The molecule has 0 saturated carbocycles. The number of fused-ring (bicyclic) bond motifs is 1. The van der Waals surface area contributed by atoms with E-state index in [0.29, 0.717) is 6.54 Å². The van der Waals surface area contributed by atoms with Gasteiger partial charge in [0.2, 0.25) is 0 Å². The van der Waals surface area contributed by atoms with Crippen LogP contribution in [0.1, 0.15) is 30.3 Å². The highest BCUT2D eigenvalue weighted by Gasteiger charge is 2.25. The van der Waals surface area contributed by atoms with Crippen molar-refractivity contribution < 1.29 is 4.74 Å². The average Bonchev–Trinajstić information content (AvgIpc) is 3.66. The van der Waals surface area contributed by atoms with Gasteiger partial charge in [0.25, 0.3) is 0 Å². The zero-order chi connectivity index (χ0) is 22.7. The van der Waals surface area contributed by atoms with Gasteiger partial charge in [-0.15, -0.1) is 5.10 Å². The molecule has 9 heteroatoms. The quantitative estimate of drug-likeness (QED) is 0.384. The second-order valence-electron chi connectivity index (χ2n) is 8.40. The summed E-state index contributed by atoms with van der Waals surface area (Å²) in [6, 6.07) is 20.1. The fourth-order valence-corrected chi connectivity index (χ4v) is 4.39. The Labute approximate surface area is 196 Å². The lowest BCUT2D eigenvalue weighted by atomic mass is 10.0. The van der Waals surface area contributed by atoms with Gasteiger partial charge in [0.05, 0.1) is 35.7 Å². The fourth-order valence-electron chi connectivity index (χ4n) is 4.39. The molecular formula is C25H24N8O. The van der Waals surface area contributed by atoms with Crippen LogP contribution in [0.3, 0.4) is 0 Å². The number of rotatable bonds is 7. The Morgan fingerprint density at radius 2 is 2.03 bits per heavy atom. The summed E-state index contributed by atoms with van der Waals surface area (Å²) in [4.78, 5) is 12.0. The highest BCUT2D eigenvalue weighted by molar-refractivity contribution is 5.79. The Kier molecular flexibility index (Phi) is 5.44. The molecule has 2 aromatic carbocycles. The maximum Gasteiger partial charge on any atom is 0.178 e. The van der Waals surface area contributed by atoms with Crippen molar-refractivity contribution in [3.05, 3.63) is 84.6 Å². The number of ether oxygens (including phenoxy) is 1. The first-order valence-electron chi connectivity index (χ1n) is 11.4. The van der Waals surface area contributed by atoms with E-state index in [1.807, 2.05) is 41.1 Å². The van der Waals surface area contributed by atoms with Crippen LogP contribution in [-0.2, 0) is 11.3 Å². The maximum absolute atomic E-state index is 5.83. The SMILES string of the molecule is c1ccc(-c2ccc(C(Nc3ccc4[nH]cnc4c3)c3nnnn3CC3CCCO3)cc2)nc1. The Balaban J connectivity index is 1.35. The number of aromatic amines is 1. The van der Waals surface area contributed by atoms with Crippen LogP contribution in [0.25, 0.3) is 22.3 Å². The molecule has 9 nitrogen and oxygen atoms in total. The summed E-state index contributed by atoms with van der Waals surface area (Å²) in [7, 11) is 0. The zero-order valence-corrected chi connectivity index (χ0v) is 18.5. The van der Waals surface area contributed by atoms with E-state index in [1.165, 1.54) is 0 Å². The Morgan fingerprint density at radius 1 is 1.09 bits per heavy atom. The molecule has 6 rings (SSSR count). The van der Waals surface area contributed by atoms with Gasteiger partial charge in [0.15, 0.2) is 5.82 Å². The van der Waals surface area contributed by atoms with E-state index in [0.717, 1.165) is 58.8 Å². The van der Waals surface area contributed by atoms with Crippen LogP contribution in [0.15, 0.2) is 73.2 Å². The summed E-state index contributed by atoms with van der Waals surface area (Å²) in [5.74, 6) is 0.739. The first-order valence-corrected chi connectivity index (χ1v) is 11.4. The van der Waals surface area contributed by atoms with E-state index in [9.17, 15) is 0 Å². The molecule has 1 aliphatic rings. The third kappa shape index (κ3) is 4.13. The fraction of sp³-hybridized carbons (Fsp3) is 0.240. The van der Waals surface area contributed by atoms with Crippen LogP contribution >= 0.6 is 0 Å². The lowest BCUT2D eigenvalue weighted by molar-refractivity contribution is 0.0925. The first kappa shape index (κ1) is 20.5. The predicted molar refractivity (Wildman–Crippen MR) is 128 cm³/mol. The summed E-state index contributed by atoms with van der Waals surface area (Å²) >= 11 is 0. The smallest absolute Gasteiger partial charge is 0.178 e. The number of pyridine rings is 1. The van der Waals surface area contributed by atoms with Crippen LogP contribution in [0, 0.1) is 0 Å². The van der Waals surface area contributed by atoms with Crippen molar-refractivity contribution in [2.45, 2.75) is 31.5 Å². The van der Waals surface area contributed by atoms with Crippen molar-refractivity contribution in [3.63, 3.8) is 0 Å². The van der Waals surface area contributed by atoms with E-state index in [2.05, 4.69) is 60.1 Å². The van der Waals surface area contributed by atoms with E-state index in [1.54, 1.807) is 12.5 Å². The van der Waals surface area contributed by atoms with Gasteiger partial charge in [0.1, 0.15) is 6.04 Å². The third-order valence-electron chi connectivity index (χ3n) is 6.16. The van der Waals surface area contributed by atoms with Gasteiger partial charge in [-0.2, -0.15) is 0 Å².